The van der Waals surface area contributed by atoms with Gasteiger partial charge in [-0.3, -0.25) is 0 Å². The van der Waals surface area contributed by atoms with Crippen molar-refractivity contribution >= 4 is 16.0 Å². The fourth-order valence-corrected chi connectivity index (χ4v) is 2.83. The summed E-state index contributed by atoms with van der Waals surface area (Å²) in [5.41, 5.74) is 0.788. The highest BCUT2D eigenvalue weighted by molar-refractivity contribution is 7.89. The second-order valence-corrected chi connectivity index (χ2v) is 7.75. The smallest absolute Gasteiger partial charge is 0.238 e. The summed E-state index contributed by atoms with van der Waals surface area (Å²) in [4.78, 5) is 4.58. The zero-order valence-electron chi connectivity index (χ0n) is 14.7. The van der Waals surface area contributed by atoms with Gasteiger partial charge in [-0.2, -0.15) is 0 Å². The molecule has 0 bridgehead atoms. The number of hydrogen-bond donors (Lipinski definition) is 3. The van der Waals surface area contributed by atoms with E-state index in [4.69, 9.17) is 9.88 Å². The van der Waals surface area contributed by atoms with Crippen LogP contribution in [-0.2, 0) is 21.3 Å². The molecular formula is C17H28N4O3S. The number of nitrogens with zero attached hydrogens (tertiary/aromatic N) is 1. The second kappa shape index (κ2) is 9.74. The topological polar surface area (TPSA) is 106 Å². The van der Waals surface area contributed by atoms with Crippen LogP contribution in [0.4, 0.5) is 0 Å². The minimum absolute atomic E-state index is 0.103. The third-order valence-electron chi connectivity index (χ3n) is 3.80. The molecule has 0 atom stereocenters. The van der Waals surface area contributed by atoms with E-state index in [0.717, 1.165) is 44.2 Å². The molecule has 1 aliphatic rings. The lowest BCUT2D eigenvalue weighted by atomic mass is 10.2. The number of guanidine groups is 1. The first-order chi connectivity index (χ1) is 12.0. The summed E-state index contributed by atoms with van der Waals surface area (Å²) < 4.78 is 28.4. The number of nitrogens with two attached hydrogens (primary N) is 1. The van der Waals surface area contributed by atoms with E-state index in [1.165, 1.54) is 18.9 Å². The quantitative estimate of drug-likeness (QED) is 0.327. The molecule has 4 N–H and O–H groups in total. The van der Waals surface area contributed by atoms with Crippen molar-refractivity contribution < 1.29 is 13.2 Å². The Morgan fingerprint density at radius 2 is 2.16 bits per heavy atom. The van der Waals surface area contributed by atoms with Crippen molar-refractivity contribution in [2.24, 2.45) is 16.0 Å². The van der Waals surface area contributed by atoms with Gasteiger partial charge < -0.3 is 15.4 Å². The molecule has 25 heavy (non-hydrogen) atoms. The van der Waals surface area contributed by atoms with Gasteiger partial charge in [-0.15, -0.1) is 0 Å². The predicted molar refractivity (Wildman–Crippen MR) is 98.8 cm³/mol. The summed E-state index contributed by atoms with van der Waals surface area (Å²) in [7, 11) is -3.69. The Labute approximate surface area is 150 Å². The molecule has 8 heteroatoms. The number of aliphatic imine (C=N–C) groups is 1. The van der Waals surface area contributed by atoms with Crippen LogP contribution in [0.3, 0.4) is 0 Å². The van der Waals surface area contributed by atoms with Crippen molar-refractivity contribution in [2.45, 2.75) is 37.6 Å². The Kier molecular flexibility index (Phi) is 7.67. The summed E-state index contributed by atoms with van der Waals surface area (Å²) in [6, 6.07) is 6.53. The summed E-state index contributed by atoms with van der Waals surface area (Å²) in [5, 5.41) is 11.6. The number of primary sulfonamides is 1. The lowest BCUT2D eigenvalue weighted by Gasteiger charge is -2.11. The van der Waals surface area contributed by atoms with Crippen LogP contribution >= 0.6 is 0 Å². The third kappa shape index (κ3) is 7.85. The Morgan fingerprint density at radius 1 is 1.36 bits per heavy atom. The van der Waals surface area contributed by atoms with E-state index in [-0.39, 0.29) is 4.90 Å². The highest BCUT2D eigenvalue weighted by atomic mass is 32.2. The maximum Gasteiger partial charge on any atom is 0.238 e. The van der Waals surface area contributed by atoms with Gasteiger partial charge in [-0.05, 0) is 49.8 Å². The average Bonchev–Trinajstić information content (AvgIpc) is 3.39. The SMILES string of the molecule is CCNC(=NCc1cccc(S(N)(=O)=O)c1)NCCCOCC1CC1. The predicted octanol–water partition coefficient (Wildman–Crippen LogP) is 1.21. The van der Waals surface area contributed by atoms with Gasteiger partial charge in [-0.1, -0.05) is 12.1 Å². The Balaban J connectivity index is 1.79. The minimum Gasteiger partial charge on any atom is -0.381 e. The van der Waals surface area contributed by atoms with Crippen LogP contribution in [-0.4, -0.2) is 40.7 Å². The molecule has 0 heterocycles. The molecule has 1 aromatic carbocycles. The van der Waals surface area contributed by atoms with Gasteiger partial charge in [0.15, 0.2) is 5.96 Å². The largest absolute Gasteiger partial charge is 0.381 e. The fraction of sp³-hybridized carbons (Fsp3) is 0.588. The average molecular weight is 369 g/mol. The monoisotopic (exact) mass is 368 g/mol. The van der Waals surface area contributed by atoms with Gasteiger partial charge in [0.1, 0.15) is 0 Å². The fourth-order valence-electron chi connectivity index (χ4n) is 2.25. The number of hydrogen-bond acceptors (Lipinski definition) is 4. The van der Waals surface area contributed by atoms with Crippen molar-refractivity contribution in [3.8, 4) is 0 Å². The first-order valence-electron chi connectivity index (χ1n) is 8.70. The van der Waals surface area contributed by atoms with Crippen LogP contribution in [0.5, 0.6) is 0 Å². The molecule has 0 saturated heterocycles. The number of ether oxygens (including phenoxy) is 1. The van der Waals surface area contributed by atoms with Crippen LogP contribution in [0.25, 0.3) is 0 Å². The van der Waals surface area contributed by atoms with E-state index in [1.54, 1.807) is 12.1 Å². The van der Waals surface area contributed by atoms with Crippen LogP contribution in [0.2, 0.25) is 0 Å². The van der Waals surface area contributed by atoms with E-state index in [0.29, 0.717) is 12.5 Å². The Morgan fingerprint density at radius 3 is 2.84 bits per heavy atom. The molecule has 7 nitrogen and oxygen atoms in total. The van der Waals surface area contributed by atoms with E-state index < -0.39 is 10.0 Å². The first-order valence-corrected chi connectivity index (χ1v) is 10.3. The summed E-state index contributed by atoms with van der Waals surface area (Å²) >= 11 is 0. The Hall–Kier alpha value is -1.64. The van der Waals surface area contributed by atoms with Gasteiger partial charge in [0.05, 0.1) is 11.4 Å². The molecule has 0 amide bonds. The third-order valence-corrected chi connectivity index (χ3v) is 4.71. The molecule has 0 spiro atoms. The maximum atomic E-state index is 11.4. The number of sulfonamides is 1. The van der Waals surface area contributed by atoms with Gasteiger partial charge in [0.2, 0.25) is 10.0 Å². The van der Waals surface area contributed by atoms with Gasteiger partial charge in [-0.25, -0.2) is 18.5 Å². The summed E-state index contributed by atoms with van der Waals surface area (Å²) in [6.07, 6.45) is 3.53. The van der Waals surface area contributed by atoms with E-state index in [1.807, 2.05) is 13.0 Å². The highest BCUT2D eigenvalue weighted by Crippen LogP contribution is 2.28. The molecular weight excluding hydrogens is 340 g/mol. The normalized spacial score (nSPS) is 15.2. The van der Waals surface area contributed by atoms with Crippen LogP contribution in [0, 0.1) is 5.92 Å². The molecule has 0 unspecified atom stereocenters. The molecule has 0 aliphatic heterocycles. The van der Waals surface area contributed by atoms with Crippen LogP contribution < -0.4 is 15.8 Å². The molecule has 0 aromatic heterocycles. The van der Waals surface area contributed by atoms with Gasteiger partial charge in [0, 0.05) is 26.3 Å². The molecule has 1 fully saturated rings. The molecule has 2 rings (SSSR count). The van der Waals surface area contributed by atoms with Crippen molar-refractivity contribution in [3.63, 3.8) is 0 Å². The lowest BCUT2D eigenvalue weighted by Crippen LogP contribution is -2.38. The van der Waals surface area contributed by atoms with Crippen LogP contribution in [0.1, 0.15) is 31.7 Å². The standard InChI is InChI=1S/C17H28N4O3S/c1-2-19-17(20-9-4-10-24-13-14-7-8-14)21-12-15-5-3-6-16(11-15)25(18,22)23/h3,5-6,11,14H,2,4,7-10,12-13H2,1H3,(H2,18,22,23)(H2,19,20,21). The van der Waals surface area contributed by atoms with Gasteiger partial charge in [0.25, 0.3) is 0 Å². The summed E-state index contributed by atoms with van der Waals surface area (Å²) in [5.74, 6) is 1.49. The molecule has 0 radical (unpaired) electrons. The van der Waals surface area contributed by atoms with E-state index in [9.17, 15) is 8.42 Å². The van der Waals surface area contributed by atoms with Crippen LogP contribution in [0.15, 0.2) is 34.2 Å². The lowest BCUT2D eigenvalue weighted by molar-refractivity contribution is 0.123. The molecule has 1 aliphatic carbocycles. The van der Waals surface area contributed by atoms with Crippen molar-refractivity contribution in [1.82, 2.24) is 10.6 Å². The van der Waals surface area contributed by atoms with Crippen molar-refractivity contribution in [1.29, 1.82) is 0 Å². The number of rotatable bonds is 10. The van der Waals surface area contributed by atoms with Crippen molar-refractivity contribution in [2.75, 3.05) is 26.3 Å². The van der Waals surface area contributed by atoms with Crippen molar-refractivity contribution in [3.05, 3.63) is 29.8 Å². The number of nitrogens with one attached hydrogen (secondary N) is 2. The second-order valence-electron chi connectivity index (χ2n) is 6.19. The minimum atomic E-state index is -3.69. The number of benzene rings is 1. The zero-order valence-corrected chi connectivity index (χ0v) is 15.5. The highest BCUT2D eigenvalue weighted by Gasteiger charge is 2.20. The maximum absolute atomic E-state index is 11.4. The zero-order chi connectivity index (χ0) is 18.1. The Bertz CT molecular complexity index is 672. The first kappa shape index (κ1) is 19.7. The molecule has 1 saturated carbocycles. The van der Waals surface area contributed by atoms with E-state index in [2.05, 4.69) is 15.6 Å². The molecule has 140 valence electrons. The van der Waals surface area contributed by atoms with E-state index >= 15 is 0 Å². The summed E-state index contributed by atoms with van der Waals surface area (Å²) in [6.45, 7) is 5.53. The molecule has 1 aromatic rings. The van der Waals surface area contributed by atoms with Gasteiger partial charge >= 0.3 is 0 Å².